The Morgan fingerprint density at radius 1 is 1.39 bits per heavy atom. The van der Waals surface area contributed by atoms with E-state index in [0.29, 0.717) is 13.0 Å². The maximum absolute atomic E-state index is 11.5. The highest BCUT2D eigenvalue weighted by Crippen LogP contribution is 2.24. The number of esters is 1. The molecule has 0 amide bonds. The minimum atomic E-state index is -0.224. The first-order chi connectivity index (χ1) is 8.77. The molecule has 106 valence electrons. The van der Waals surface area contributed by atoms with Gasteiger partial charge in [0, 0.05) is 13.2 Å². The van der Waals surface area contributed by atoms with Gasteiger partial charge in [-0.3, -0.25) is 4.79 Å². The van der Waals surface area contributed by atoms with Gasteiger partial charge in [0.2, 0.25) is 0 Å². The molecule has 4 heteroatoms. The molecule has 1 unspecified atom stereocenters. The van der Waals surface area contributed by atoms with Crippen LogP contribution in [0.1, 0.15) is 45.4 Å². The largest absolute Gasteiger partial charge is 0.468 e. The van der Waals surface area contributed by atoms with E-state index < -0.39 is 0 Å². The van der Waals surface area contributed by atoms with E-state index in [2.05, 4.69) is 12.2 Å². The van der Waals surface area contributed by atoms with Gasteiger partial charge in [0.15, 0.2) is 0 Å². The van der Waals surface area contributed by atoms with Crippen molar-refractivity contribution >= 4 is 5.97 Å². The Morgan fingerprint density at radius 3 is 2.72 bits per heavy atom. The van der Waals surface area contributed by atoms with Crippen LogP contribution in [0.2, 0.25) is 0 Å². The molecule has 0 aromatic rings. The van der Waals surface area contributed by atoms with Gasteiger partial charge < -0.3 is 14.8 Å². The summed E-state index contributed by atoms with van der Waals surface area (Å²) in [7, 11) is 1.43. The zero-order valence-electron chi connectivity index (χ0n) is 11.7. The molecule has 1 atom stereocenters. The quantitative estimate of drug-likeness (QED) is 0.508. The van der Waals surface area contributed by atoms with E-state index in [1.54, 1.807) is 0 Å². The normalized spacial score (nSPS) is 17.9. The average molecular weight is 257 g/mol. The number of methoxy groups -OCH3 is 1. The van der Waals surface area contributed by atoms with Crippen LogP contribution < -0.4 is 5.32 Å². The number of ether oxygens (including phenoxy) is 2. The molecule has 1 aliphatic carbocycles. The average Bonchev–Trinajstić information content (AvgIpc) is 2.90. The van der Waals surface area contributed by atoms with Crippen LogP contribution in [0.25, 0.3) is 0 Å². The van der Waals surface area contributed by atoms with Gasteiger partial charge in [-0.1, -0.05) is 19.8 Å². The van der Waals surface area contributed by atoms with E-state index in [4.69, 9.17) is 9.47 Å². The topological polar surface area (TPSA) is 47.6 Å². The molecule has 1 aliphatic rings. The van der Waals surface area contributed by atoms with Crippen molar-refractivity contribution in [1.82, 2.24) is 5.32 Å². The SMILES string of the molecule is CCCNC(CCOCC1CCCC1)C(=O)OC. The van der Waals surface area contributed by atoms with Crippen molar-refractivity contribution in [2.45, 2.75) is 51.5 Å². The third kappa shape index (κ3) is 5.83. The number of nitrogens with one attached hydrogen (secondary N) is 1. The smallest absolute Gasteiger partial charge is 0.322 e. The lowest BCUT2D eigenvalue weighted by Crippen LogP contribution is -2.39. The Balaban J connectivity index is 2.13. The number of hydrogen-bond acceptors (Lipinski definition) is 4. The third-order valence-corrected chi connectivity index (χ3v) is 3.51. The minimum Gasteiger partial charge on any atom is -0.468 e. The van der Waals surface area contributed by atoms with Crippen molar-refractivity contribution in [3.05, 3.63) is 0 Å². The monoisotopic (exact) mass is 257 g/mol. The number of carbonyl (C=O) groups is 1. The first kappa shape index (κ1) is 15.4. The number of hydrogen-bond donors (Lipinski definition) is 1. The molecular formula is C14H27NO3. The second-order valence-corrected chi connectivity index (χ2v) is 5.04. The Hall–Kier alpha value is -0.610. The number of rotatable bonds is 9. The third-order valence-electron chi connectivity index (χ3n) is 3.51. The molecule has 0 spiro atoms. The molecule has 0 bridgehead atoms. The van der Waals surface area contributed by atoms with E-state index in [1.165, 1.54) is 32.8 Å². The summed E-state index contributed by atoms with van der Waals surface area (Å²) in [6, 6.07) is -0.224. The fourth-order valence-corrected chi connectivity index (χ4v) is 2.39. The molecule has 1 saturated carbocycles. The fraction of sp³-hybridized carbons (Fsp3) is 0.929. The lowest BCUT2D eigenvalue weighted by Gasteiger charge is -2.16. The van der Waals surface area contributed by atoms with E-state index in [0.717, 1.165) is 25.5 Å². The molecule has 0 radical (unpaired) electrons. The standard InChI is InChI=1S/C14H27NO3/c1-3-9-15-13(14(16)17-2)8-10-18-11-12-6-4-5-7-12/h12-13,15H,3-11H2,1-2H3. The molecule has 0 heterocycles. The van der Waals surface area contributed by atoms with E-state index >= 15 is 0 Å². The molecule has 0 saturated heterocycles. The van der Waals surface area contributed by atoms with Crippen molar-refractivity contribution in [1.29, 1.82) is 0 Å². The van der Waals surface area contributed by atoms with Gasteiger partial charge in [0.05, 0.1) is 7.11 Å². The number of carbonyl (C=O) groups excluding carboxylic acids is 1. The Labute approximate surface area is 110 Å². The lowest BCUT2D eigenvalue weighted by molar-refractivity contribution is -0.143. The van der Waals surface area contributed by atoms with Crippen LogP contribution in [0.5, 0.6) is 0 Å². The van der Waals surface area contributed by atoms with Crippen LogP contribution in [0.15, 0.2) is 0 Å². The van der Waals surface area contributed by atoms with Crippen LogP contribution in [0.3, 0.4) is 0 Å². The van der Waals surface area contributed by atoms with Crippen LogP contribution in [0, 0.1) is 5.92 Å². The summed E-state index contributed by atoms with van der Waals surface area (Å²) >= 11 is 0. The Kier molecular flexibility index (Phi) is 8.01. The van der Waals surface area contributed by atoms with Gasteiger partial charge in [-0.15, -0.1) is 0 Å². The van der Waals surface area contributed by atoms with Gasteiger partial charge in [0.25, 0.3) is 0 Å². The summed E-state index contributed by atoms with van der Waals surface area (Å²) in [6.07, 6.45) is 6.99. The second kappa shape index (κ2) is 9.34. The van der Waals surface area contributed by atoms with Gasteiger partial charge in [-0.25, -0.2) is 0 Å². The summed E-state index contributed by atoms with van der Waals surface area (Å²) in [4.78, 5) is 11.5. The van der Waals surface area contributed by atoms with Gasteiger partial charge in [-0.05, 0) is 38.1 Å². The molecule has 4 nitrogen and oxygen atoms in total. The molecular weight excluding hydrogens is 230 g/mol. The van der Waals surface area contributed by atoms with Gasteiger partial charge >= 0.3 is 5.97 Å². The summed E-state index contributed by atoms with van der Waals surface area (Å²) in [5.41, 5.74) is 0. The Bertz CT molecular complexity index is 227. The molecule has 0 aliphatic heterocycles. The van der Waals surface area contributed by atoms with Crippen molar-refractivity contribution in [2.24, 2.45) is 5.92 Å². The summed E-state index contributed by atoms with van der Waals surface area (Å²) in [5, 5.41) is 3.19. The molecule has 1 N–H and O–H groups in total. The highest BCUT2D eigenvalue weighted by atomic mass is 16.5. The second-order valence-electron chi connectivity index (χ2n) is 5.04. The van der Waals surface area contributed by atoms with Gasteiger partial charge in [0.1, 0.15) is 6.04 Å². The maximum Gasteiger partial charge on any atom is 0.322 e. The lowest BCUT2D eigenvalue weighted by atomic mass is 10.1. The highest BCUT2D eigenvalue weighted by Gasteiger charge is 2.19. The molecule has 18 heavy (non-hydrogen) atoms. The van der Waals surface area contributed by atoms with Crippen LogP contribution in [-0.2, 0) is 14.3 Å². The van der Waals surface area contributed by atoms with E-state index in [-0.39, 0.29) is 12.0 Å². The fourth-order valence-electron chi connectivity index (χ4n) is 2.39. The predicted molar refractivity (Wildman–Crippen MR) is 71.5 cm³/mol. The first-order valence-electron chi connectivity index (χ1n) is 7.16. The minimum absolute atomic E-state index is 0.187. The van der Waals surface area contributed by atoms with Crippen LogP contribution in [0.4, 0.5) is 0 Å². The first-order valence-corrected chi connectivity index (χ1v) is 7.16. The van der Waals surface area contributed by atoms with Gasteiger partial charge in [-0.2, -0.15) is 0 Å². The molecule has 1 rings (SSSR count). The van der Waals surface area contributed by atoms with Crippen molar-refractivity contribution < 1.29 is 14.3 Å². The molecule has 0 aromatic heterocycles. The summed E-state index contributed by atoms with van der Waals surface area (Å²) < 4.78 is 10.5. The van der Waals surface area contributed by atoms with Crippen molar-refractivity contribution in [3.63, 3.8) is 0 Å². The van der Waals surface area contributed by atoms with Crippen LogP contribution >= 0.6 is 0 Å². The molecule has 0 aromatic carbocycles. The Morgan fingerprint density at radius 2 is 2.11 bits per heavy atom. The van der Waals surface area contributed by atoms with E-state index in [1.807, 2.05) is 0 Å². The van der Waals surface area contributed by atoms with Crippen LogP contribution in [-0.4, -0.2) is 38.9 Å². The maximum atomic E-state index is 11.5. The zero-order chi connectivity index (χ0) is 13.2. The van der Waals surface area contributed by atoms with Crippen molar-refractivity contribution in [3.8, 4) is 0 Å². The van der Waals surface area contributed by atoms with Crippen molar-refractivity contribution in [2.75, 3.05) is 26.9 Å². The molecule has 1 fully saturated rings. The van der Waals surface area contributed by atoms with E-state index in [9.17, 15) is 4.79 Å². The summed E-state index contributed by atoms with van der Waals surface area (Å²) in [6.45, 7) is 4.40. The predicted octanol–water partition coefficient (Wildman–Crippen LogP) is 2.12. The highest BCUT2D eigenvalue weighted by molar-refractivity contribution is 5.75. The zero-order valence-corrected chi connectivity index (χ0v) is 11.7. The summed E-state index contributed by atoms with van der Waals surface area (Å²) in [5.74, 6) is 0.554.